The van der Waals surface area contributed by atoms with E-state index in [4.69, 9.17) is 4.89 Å². The summed E-state index contributed by atoms with van der Waals surface area (Å²) >= 11 is 0. The van der Waals surface area contributed by atoms with Crippen LogP contribution >= 0.6 is 0 Å². The molecule has 0 saturated heterocycles. The Bertz CT molecular complexity index is 456. The minimum atomic E-state index is -0.488. The van der Waals surface area contributed by atoms with Gasteiger partial charge in [-0.25, -0.2) is 4.89 Å². The molecule has 0 radical (unpaired) electrons. The molecule has 1 N–H and O–H groups in total. The van der Waals surface area contributed by atoms with Gasteiger partial charge in [-0.05, 0) is 71.3 Å². The van der Waals surface area contributed by atoms with Crippen molar-refractivity contribution >= 4 is 0 Å². The first-order valence-corrected chi connectivity index (χ1v) is 7.80. The molecule has 0 amide bonds. The Balaban J connectivity index is 2.26. The monoisotopic (exact) mass is 276 g/mol. The highest BCUT2D eigenvalue weighted by Crippen LogP contribution is 2.41. The van der Waals surface area contributed by atoms with Gasteiger partial charge in [0.25, 0.3) is 0 Å². The molecule has 2 nitrogen and oxygen atoms in total. The Hall–Kier alpha value is -0.860. The Morgan fingerprint density at radius 1 is 1.20 bits per heavy atom. The second kappa shape index (κ2) is 6.28. The average molecular weight is 276 g/mol. The molecule has 0 aromatic carbocycles. The molecular formula is C18H28O2. The summed E-state index contributed by atoms with van der Waals surface area (Å²) in [6.07, 6.45) is 10.8. The molecule has 2 aliphatic carbocycles. The first kappa shape index (κ1) is 15.5. The molecule has 0 bridgehead atoms. The van der Waals surface area contributed by atoms with Crippen molar-refractivity contribution in [2.75, 3.05) is 0 Å². The molecule has 112 valence electrons. The second-order valence-electron chi connectivity index (χ2n) is 6.69. The highest BCUT2D eigenvalue weighted by molar-refractivity contribution is 5.29. The zero-order chi connectivity index (χ0) is 14.8. The van der Waals surface area contributed by atoms with Gasteiger partial charge < -0.3 is 0 Å². The van der Waals surface area contributed by atoms with Crippen molar-refractivity contribution in [3.05, 3.63) is 34.4 Å². The molecule has 0 spiro atoms. The van der Waals surface area contributed by atoms with Gasteiger partial charge in [-0.3, -0.25) is 5.26 Å². The molecule has 2 unspecified atom stereocenters. The SMILES string of the molecule is CC1=CCCC(/C(C)=C(\C)C2(OO)CCC=C(C)C2)C1. The Morgan fingerprint density at radius 2 is 1.90 bits per heavy atom. The van der Waals surface area contributed by atoms with Gasteiger partial charge in [0.15, 0.2) is 0 Å². The van der Waals surface area contributed by atoms with Crippen LogP contribution < -0.4 is 0 Å². The zero-order valence-corrected chi connectivity index (χ0v) is 13.3. The number of rotatable bonds is 3. The van der Waals surface area contributed by atoms with Crippen molar-refractivity contribution in [1.82, 2.24) is 0 Å². The quantitative estimate of drug-likeness (QED) is 0.423. The van der Waals surface area contributed by atoms with E-state index in [0.29, 0.717) is 5.92 Å². The maximum atomic E-state index is 9.56. The van der Waals surface area contributed by atoms with Crippen molar-refractivity contribution in [3.63, 3.8) is 0 Å². The lowest BCUT2D eigenvalue weighted by Crippen LogP contribution is -2.36. The molecule has 0 aliphatic heterocycles. The molecular weight excluding hydrogens is 248 g/mol. The van der Waals surface area contributed by atoms with Crippen molar-refractivity contribution < 1.29 is 10.1 Å². The first-order valence-electron chi connectivity index (χ1n) is 7.80. The summed E-state index contributed by atoms with van der Waals surface area (Å²) in [4.78, 5) is 5.04. The van der Waals surface area contributed by atoms with Crippen molar-refractivity contribution in [2.45, 2.75) is 71.8 Å². The second-order valence-corrected chi connectivity index (χ2v) is 6.69. The topological polar surface area (TPSA) is 29.5 Å². The van der Waals surface area contributed by atoms with Crippen LogP contribution in [0, 0.1) is 5.92 Å². The molecule has 0 aromatic rings. The van der Waals surface area contributed by atoms with Crippen LogP contribution in [0.4, 0.5) is 0 Å². The summed E-state index contributed by atoms with van der Waals surface area (Å²) in [6.45, 7) is 8.73. The minimum absolute atomic E-state index is 0.488. The zero-order valence-electron chi connectivity index (χ0n) is 13.3. The van der Waals surface area contributed by atoms with E-state index in [0.717, 1.165) is 25.7 Å². The van der Waals surface area contributed by atoms with Gasteiger partial charge >= 0.3 is 0 Å². The molecule has 2 atom stereocenters. The predicted octanol–water partition coefficient (Wildman–Crippen LogP) is 5.43. The van der Waals surface area contributed by atoms with E-state index in [9.17, 15) is 5.26 Å². The smallest absolute Gasteiger partial charge is 0.128 e. The van der Waals surface area contributed by atoms with Gasteiger partial charge in [0.2, 0.25) is 0 Å². The number of allylic oxidation sites excluding steroid dienone is 4. The molecule has 20 heavy (non-hydrogen) atoms. The van der Waals surface area contributed by atoms with E-state index in [-0.39, 0.29) is 0 Å². The van der Waals surface area contributed by atoms with Gasteiger partial charge in [-0.2, -0.15) is 0 Å². The fourth-order valence-corrected chi connectivity index (χ4v) is 3.77. The summed E-state index contributed by atoms with van der Waals surface area (Å²) in [5.41, 5.74) is 4.98. The molecule has 0 saturated carbocycles. The average Bonchev–Trinajstić information content (AvgIpc) is 2.45. The largest absolute Gasteiger partial charge is 0.251 e. The fraction of sp³-hybridized carbons (Fsp3) is 0.667. The van der Waals surface area contributed by atoms with Crippen LogP contribution in [0.5, 0.6) is 0 Å². The summed E-state index contributed by atoms with van der Waals surface area (Å²) in [5, 5.41) is 9.56. The third-order valence-electron chi connectivity index (χ3n) is 5.24. The fourth-order valence-electron chi connectivity index (χ4n) is 3.77. The third kappa shape index (κ3) is 3.07. The molecule has 0 heterocycles. The van der Waals surface area contributed by atoms with Crippen molar-refractivity contribution in [2.24, 2.45) is 5.92 Å². The molecule has 2 rings (SSSR count). The van der Waals surface area contributed by atoms with E-state index in [1.807, 2.05) is 0 Å². The highest BCUT2D eigenvalue weighted by atomic mass is 17.1. The van der Waals surface area contributed by atoms with Gasteiger partial charge in [-0.1, -0.05) is 28.9 Å². The third-order valence-corrected chi connectivity index (χ3v) is 5.24. The Morgan fingerprint density at radius 3 is 2.50 bits per heavy atom. The standard InChI is InChI=1S/C18H28O2/c1-13-7-5-9-17(11-13)15(3)16(4)18(20-19)10-6-8-14(2)12-18/h7-8,17,19H,5-6,9-12H2,1-4H3/b16-15+. The predicted molar refractivity (Wildman–Crippen MR) is 83.5 cm³/mol. The van der Waals surface area contributed by atoms with Gasteiger partial charge in [-0.15, -0.1) is 0 Å². The highest BCUT2D eigenvalue weighted by Gasteiger charge is 2.37. The van der Waals surface area contributed by atoms with Crippen LogP contribution in [-0.2, 0) is 4.89 Å². The van der Waals surface area contributed by atoms with Crippen molar-refractivity contribution in [3.8, 4) is 0 Å². The van der Waals surface area contributed by atoms with Crippen LogP contribution in [0.1, 0.15) is 66.2 Å². The van der Waals surface area contributed by atoms with Crippen LogP contribution in [-0.4, -0.2) is 10.9 Å². The number of hydrogen-bond acceptors (Lipinski definition) is 2. The van der Waals surface area contributed by atoms with E-state index in [1.54, 1.807) is 0 Å². The molecule has 0 aromatic heterocycles. The van der Waals surface area contributed by atoms with Crippen LogP contribution in [0.2, 0.25) is 0 Å². The first-order chi connectivity index (χ1) is 9.48. The van der Waals surface area contributed by atoms with E-state index in [1.165, 1.54) is 35.1 Å². The van der Waals surface area contributed by atoms with Crippen molar-refractivity contribution in [1.29, 1.82) is 0 Å². The lowest BCUT2D eigenvalue weighted by atomic mass is 9.74. The summed E-state index contributed by atoms with van der Waals surface area (Å²) < 4.78 is 0. The normalized spacial score (nSPS) is 32.4. The van der Waals surface area contributed by atoms with E-state index in [2.05, 4.69) is 39.8 Å². The lowest BCUT2D eigenvalue weighted by Gasteiger charge is -2.37. The van der Waals surface area contributed by atoms with E-state index >= 15 is 0 Å². The molecule has 0 fully saturated rings. The molecule has 2 aliphatic rings. The van der Waals surface area contributed by atoms with Crippen LogP contribution in [0.15, 0.2) is 34.4 Å². The molecule has 2 heteroatoms. The van der Waals surface area contributed by atoms with Crippen LogP contribution in [0.3, 0.4) is 0 Å². The Kier molecular flexibility index (Phi) is 4.87. The summed E-state index contributed by atoms with van der Waals surface area (Å²) in [7, 11) is 0. The number of hydrogen-bond donors (Lipinski definition) is 1. The summed E-state index contributed by atoms with van der Waals surface area (Å²) in [5.74, 6) is 0.609. The van der Waals surface area contributed by atoms with Gasteiger partial charge in [0.05, 0.1) is 0 Å². The maximum absolute atomic E-state index is 9.56. The maximum Gasteiger partial charge on any atom is 0.128 e. The summed E-state index contributed by atoms with van der Waals surface area (Å²) in [6, 6.07) is 0. The minimum Gasteiger partial charge on any atom is -0.251 e. The lowest BCUT2D eigenvalue weighted by molar-refractivity contribution is -0.313. The van der Waals surface area contributed by atoms with E-state index < -0.39 is 5.60 Å². The van der Waals surface area contributed by atoms with Gasteiger partial charge in [0.1, 0.15) is 5.60 Å². The van der Waals surface area contributed by atoms with Gasteiger partial charge in [0, 0.05) is 6.42 Å². The van der Waals surface area contributed by atoms with Crippen LogP contribution in [0.25, 0.3) is 0 Å². The Labute approximate surface area is 123 Å².